The lowest BCUT2D eigenvalue weighted by Crippen LogP contribution is -2.36. The van der Waals surface area contributed by atoms with Crippen molar-refractivity contribution in [3.8, 4) is 5.75 Å². The van der Waals surface area contributed by atoms with Gasteiger partial charge in [0.1, 0.15) is 0 Å². The minimum atomic E-state index is -4.47. The summed E-state index contributed by atoms with van der Waals surface area (Å²) in [7, 11) is 0. The van der Waals surface area contributed by atoms with Crippen molar-refractivity contribution in [3.63, 3.8) is 0 Å². The lowest BCUT2D eigenvalue weighted by Gasteiger charge is -2.40. The summed E-state index contributed by atoms with van der Waals surface area (Å²) in [5.41, 5.74) is 2.98. The number of alkyl halides is 5. The fourth-order valence-electron chi connectivity index (χ4n) is 8.02. The van der Waals surface area contributed by atoms with E-state index in [4.69, 9.17) is 9.72 Å². The predicted octanol–water partition coefficient (Wildman–Crippen LogP) is 7.53. The van der Waals surface area contributed by atoms with E-state index in [2.05, 4.69) is 28.7 Å². The number of fused-ring (bicyclic) bond motifs is 1. The molecule has 1 saturated carbocycles. The van der Waals surface area contributed by atoms with Crippen molar-refractivity contribution in [2.24, 2.45) is 10.8 Å². The number of aliphatic hydroxyl groups is 3. The van der Waals surface area contributed by atoms with E-state index in [0.717, 1.165) is 40.2 Å². The Morgan fingerprint density at radius 3 is 2.10 bits per heavy atom. The predicted molar refractivity (Wildman–Crippen MR) is 186 cm³/mol. The summed E-state index contributed by atoms with van der Waals surface area (Å²) in [5, 5.41) is 30.7. The van der Waals surface area contributed by atoms with Crippen molar-refractivity contribution >= 4 is 5.95 Å². The molecule has 1 saturated heterocycles. The molecule has 284 valence electrons. The maximum absolute atomic E-state index is 14.5. The van der Waals surface area contributed by atoms with Crippen LogP contribution in [-0.2, 0) is 19.0 Å². The van der Waals surface area contributed by atoms with Crippen molar-refractivity contribution in [1.29, 1.82) is 0 Å². The molecule has 1 unspecified atom stereocenters. The largest absolute Gasteiger partial charge is 0.490 e. The van der Waals surface area contributed by atoms with E-state index >= 15 is 0 Å². The number of aromatic nitrogens is 3. The summed E-state index contributed by atoms with van der Waals surface area (Å²) in [6.07, 6.45) is 0.610. The molecule has 52 heavy (non-hydrogen) atoms. The van der Waals surface area contributed by atoms with Gasteiger partial charge in [0, 0.05) is 54.2 Å². The average Bonchev–Trinajstić information content (AvgIpc) is 3.10. The van der Waals surface area contributed by atoms with Crippen LogP contribution in [0, 0.1) is 10.8 Å². The van der Waals surface area contributed by atoms with Crippen LogP contribution < -0.4 is 9.64 Å². The Bertz CT molecular complexity index is 1680. The minimum Gasteiger partial charge on any atom is -0.490 e. The maximum Gasteiger partial charge on any atom is 0.416 e. The molecule has 0 bridgehead atoms. The number of benzene rings is 1. The number of anilines is 1. The van der Waals surface area contributed by atoms with Crippen LogP contribution in [0.4, 0.5) is 27.9 Å². The number of rotatable bonds is 10. The molecule has 1 aromatic carbocycles. The summed E-state index contributed by atoms with van der Waals surface area (Å²) in [5.74, 6) is -2.06. The normalized spacial score (nSPS) is 21.2. The highest BCUT2D eigenvalue weighted by Crippen LogP contribution is 2.50. The van der Waals surface area contributed by atoms with Crippen molar-refractivity contribution < 1.29 is 42.0 Å². The first-order chi connectivity index (χ1) is 24.5. The number of aliphatic hydroxyl groups excluding tert-OH is 3. The van der Waals surface area contributed by atoms with E-state index < -0.39 is 29.2 Å². The number of hydrogen-bond acceptors (Lipinski definition) is 8. The van der Waals surface area contributed by atoms with Gasteiger partial charge in [0.15, 0.2) is 5.75 Å². The van der Waals surface area contributed by atoms with Crippen LogP contribution in [0.5, 0.6) is 5.75 Å². The Hall–Kier alpha value is -3.42. The number of nitrogens with zero attached hydrogens (tertiary/aromatic N) is 4. The van der Waals surface area contributed by atoms with Crippen molar-refractivity contribution in [3.05, 3.63) is 75.9 Å². The first kappa shape index (κ1) is 38.3. The molecule has 13 heteroatoms. The fraction of sp³-hybridized carbons (Fsp3) is 0.615. The number of piperidine rings is 1. The Morgan fingerprint density at radius 2 is 1.52 bits per heavy atom. The molecular formula is C39H49F5N4O4. The Morgan fingerprint density at radius 1 is 0.904 bits per heavy atom. The molecule has 0 spiro atoms. The molecule has 2 aliphatic carbocycles. The van der Waals surface area contributed by atoms with Gasteiger partial charge in [-0.3, -0.25) is 4.98 Å². The van der Waals surface area contributed by atoms with Crippen LogP contribution in [0.1, 0.15) is 123 Å². The SMILES string of the molecule is CC1(C)Cc2nc(C3CCN(c4ncc(OCC(C)(CO)CO)cn4)CC3)c(Cc3ccc(C(F)(F)F)cc3)c(C3CCC(F)(F)CC3)c2C(O)C1. The molecule has 3 N–H and O–H groups in total. The van der Waals surface area contributed by atoms with E-state index in [9.17, 15) is 37.3 Å². The van der Waals surface area contributed by atoms with Crippen LogP contribution in [0.2, 0.25) is 0 Å². The van der Waals surface area contributed by atoms with Crippen molar-refractivity contribution in [2.45, 2.75) is 109 Å². The molecule has 0 radical (unpaired) electrons. The average molecular weight is 733 g/mol. The third-order valence-corrected chi connectivity index (χ3v) is 11.1. The maximum atomic E-state index is 14.5. The van der Waals surface area contributed by atoms with E-state index in [1.54, 1.807) is 19.3 Å². The number of hydrogen-bond donors (Lipinski definition) is 3. The second kappa shape index (κ2) is 14.8. The molecule has 1 aliphatic heterocycles. The number of pyridine rings is 1. The fourth-order valence-corrected chi connectivity index (χ4v) is 8.02. The number of ether oxygens (including phenoxy) is 1. The van der Waals surface area contributed by atoms with Crippen LogP contribution >= 0.6 is 0 Å². The summed E-state index contributed by atoms with van der Waals surface area (Å²) < 4.78 is 75.1. The Kier molecular flexibility index (Phi) is 10.9. The van der Waals surface area contributed by atoms with Gasteiger partial charge < -0.3 is 25.0 Å². The van der Waals surface area contributed by atoms with Crippen molar-refractivity contribution in [1.82, 2.24) is 15.0 Å². The zero-order valence-corrected chi connectivity index (χ0v) is 30.0. The Labute approximate surface area is 301 Å². The zero-order chi connectivity index (χ0) is 37.5. The van der Waals surface area contributed by atoms with Gasteiger partial charge in [0.05, 0.1) is 43.9 Å². The quantitative estimate of drug-likeness (QED) is 0.184. The summed E-state index contributed by atoms with van der Waals surface area (Å²) >= 11 is 0. The molecule has 2 fully saturated rings. The third-order valence-electron chi connectivity index (χ3n) is 11.1. The summed E-state index contributed by atoms with van der Waals surface area (Å²) in [4.78, 5) is 16.4. The van der Waals surface area contributed by atoms with Crippen LogP contribution in [0.15, 0.2) is 36.7 Å². The molecule has 3 aliphatic rings. The molecule has 8 nitrogen and oxygen atoms in total. The molecule has 6 rings (SSSR count). The van der Waals surface area contributed by atoms with Gasteiger partial charge in [-0.25, -0.2) is 18.7 Å². The molecule has 1 atom stereocenters. The molecule has 0 amide bonds. The van der Waals surface area contributed by atoms with E-state index in [1.165, 1.54) is 12.1 Å². The van der Waals surface area contributed by atoms with Gasteiger partial charge in [0.2, 0.25) is 11.9 Å². The van der Waals surface area contributed by atoms with Crippen LogP contribution in [0.25, 0.3) is 0 Å². The first-order valence-corrected chi connectivity index (χ1v) is 18.2. The highest BCUT2D eigenvalue weighted by atomic mass is 19.4. The third kappa shape index (κ3) is 8.52. The molecule has 3 aromatic rings. The minimum absolute atomic E-state index is 0.0193. The zero-order valence-electron chi connectivity index (χ0n) is 30.0. The first-order valence-electron chi connectivity index (χ1n) is 18.2. The standard InChI is InChI=1S/C39H49F5N4O4/c1-36(2)17-30-33(31(51)18-36)32(25-8-12-38(40,41)13-9-25)29(16-24-4-6-27(7-5-24)39(42,43)44)34(47-30)26-10-14-48(15-11-26)35-45-19-28(20-46-35)52-23-37(3,21-49)22-50/h4-7,19-20,25-26,31,49-51H,8-18,21-23H2,1-3H3. The van der Waals surface area contributed by atoms with Crippen LogP contribution in [-0.4, -0.2) is 69.1 Å². The second-order valence-electron chi connectivity index (χ2n) is 16.2. The lowest BCUT2D eigenvalue weighted by molar-refractivity contribution is -0.137. The van der Waals surface area contributed by atoms with Gasteiger partial charge in [-0.1, -0.05) is 32.9 Å². The van der Waals surface area contributed by atoms with E-state index in [0.29, 0.717) is 56.0 Å². The van der Waals surface area contributed by atoms with E-state index in [-0.39, 0.29) is 69.2 Å². The van der Waals surface area contributed by atoms with Gasteiger partial charge in [-0.2, -0.15) is 13.2 Å². The van der Waals surface area contributed by atoms with E-state index in [1.807, 2.05) is 0 Å². The lowest BCUT2D eigenvalue weighted by atomic mass is 9.68. The van der Waals surface area contributed by atoms with Gasteiger partial charge >= 0.3 is 6.18 Å². The summed E-state index contributed by atoms with van der Waals surface area (Å²) in [6.45, 7) is 6.71. The van der Waals surface area contributed by atoms with Gasteiger partial charge in [0.25, 0.3) is 0 Å². The topological polar surface area (TPSA) is 112 Å². The van der Waals surface area contributed by atoms with Crippen molar-refractivity contribution in [2.75, 3.05) is 37.8 Å². The van der Waals surface area contributed by atoms with Crippen LogP contribution in [0.3, 0.4) is 0 Å². The van der Waals surface area contributed by atoms with Gasteiger partial charge in [-0.15, -0.1) is 0 Å². The monoisotopic (exact) mass is 732 g/mol. The molecule has 3 heterocycles. The Balaban J connectivity index is 1.33. The summed E-state index contributed by atoms with van der Waals surface area (Å²) in [6, 6.07) is 5.11. The molecule has 2 aromatic heterocycles. The highest BCUT2D eigenvalue weighted by Gasteiger charge is 2.42. The molecular weight excluding hydrogens is 683 g/mol. The highest BCUT2D eigenvalue weighted by molar-refractivity contribution is 5.50. The smallest absolute Gasteiger partial charge is 0.416 e. The van der Waals surface area contributed by atoms with Gasteiger partial charge in [-0.05, 0) is 85.1 Å². The number of halogens is 5. The second-order valence-corrected chi connectivity index (χ2v) is 16.2.